The third kappa shape index (κ3) is 3.67. The number of nitrogens with one attached hydrogen (secondary N) is 1. The van der Waals surface area contributed by atoms with Crippen molar-refractivity contribution < 1.29 is 4.74 Å². The van der Waals surface area contributed by atoms with Crippen molar-refractivity contribution in [2.45, 2.75) is 33.3 Å². The molecule has 19 heavy (non-hydrogen) atoms. The van der Waals surface area contributed by atoms with E-state index in [1.54, 1.807) is 0 Å². The number of rotatable bonds is 6. The van der Waals surface area contributed by atoms with E-state index in [1.807, 2.05) is 25.1 Å². The van der Waals surface area contributed by atoms with Gasteiger partial charge in [0.2, 0.25) is 0 Å². The summed E-state index contributed by atoms with van der Waals surface area (Å²) in [4.78, 5) is 4.58. The molecular formula is C16H22N2O. The van der Waals surface area contributed by atoms with Crippen LogP contribution in [-0.2, 0) is 0 Å². The number of para-hydroxylation sites is 1. The largest absolute Gasteiger partial charge is 0.487 e. The molecule has 1 aromatic heterocycles. The topological polar surface area (TPSA) is 34.1 Å². The van der Waals surface area contributed by atoms with Crippen molar-refractivity contribution in [3.05, 3.63) is 36.0 Å². The van der Waals surface area contributed by atoms with Crippen molar-refractivity contribution in [2.24, 2.45) is 0 Å². The van der Waals surface area contributed by atoms with Gasteiger partial charge in [-0.3, -0.25) is 0 Å². The van der Waals surface area contributed by atoms with E-state index >= 15 is 0 Å². The molecule has 3 heteroatoms. The van der Waals surface area contributed by atoms with E-state index in [1.165, 1.54) is 0 Å². The first-order valence-corrected chi connectivity index (χ1v) is 6.94. The molecule has 0 amide bonds. The van der Waals surface area contributed by atoms with Gasteiger partial charge in [0.25, 0.3) is 0 Å². The SMILES string of the molecule is CCCNCC(C)Oc1cccc2ccc(C)nc12. The van der Waals surface area contributed by atoms with Crippen LogP contribution in [0.2, 0.25) is 0 Å². The predicted octanol–water partition coefficient (Wildman–Crippen LogP) is 3.31. The van der Waals surface area contributed by atoms with E-state index in [2.05, 4.69) is 36.3 Å². The molecule has 0 fully saturated rings. The smallest absolute Gasteiger partial charge is 0.146 e. The summed E-state index contributed by atoms with van der Waals surface area (Å²) in [5, 5.41) is 4.49. The van der Waals surface area contributed by atoms with Gasteiger partial charge in [-0.15, -0.1) is 0 Å². The number of aryl methyl sites for hydroxylation is 1. The van der Waals surface area contributed by atoms with Crippen LogP contribution >= 0.6 is 0 Å². The summed E-state index contributed by atoms with van der Waals surface area (Å²) in [6.45, 7) is 8.13. The molecule has 0 aliphatic carbocycles. The first-order chi connectivity index (χ1) is 9.20. The highest BCUT2D eigenvalue weighted by atomic mass is 16.5. The van der Waals surface area contributed by atoms with Gasteiger partial charge in [-0.1, -0.05) is 25.1 Å². The second-order valence-electron chi connectivity index (χ2n) is 4.91. The highest BCUT2D eigenvalue weighted by Crippen LogP contribution is 2.24. The molecule has 0 saturated carbocycles. The number of benzene rings is 1. The molecule has 1 unspecified atom stereocenters. The maximum absolute atomic E-state index is 6.00. The van der Waals surface area contributed by atoms with Gasteiger partial charge in [0, 0.05) is 17.6 Å². The highest BCUT2D eigenvalue weighted by molar-refractivity contribution is 5.84. The highest BCUT2D eigenvalue weighted by Gasteiger charge is 2.08. The third-order valence-corrected chi connectivity index (χ3v) is 3.01. The molecule has 1 N–H and O–H groups in total. The molecule has 0 aliphatic rings. The van der Waals surface area contributed by atoms with Gasteiger partial charge >= 0.3 is 0 Å². The summed E-state index contributed by atoms with van der Waals surface area (Å²) < 4.78 is 6.00. The zero-order valence-corrected chi connectivity index (χ0v) is 11.9. The molecule has 0 saturated heterocycles. The van der Waals surface area contributed by atoms with Crippen molar-refractivity contribution in [1.82, 2.24) is 10.3 Å². The molecule has 1 aromatic carbocycles. The van der Waals surface area contributed by atoms with Crippen LogP contribution in [0.25, 0.3) is 10.9 Å². The average molecular weight is 258 g/mol. The average Bonchev–Trinajstić information content (AvgIpc) is 2.40. The van der Waals surface area contributed by atoms with E-state index < -0.39 is 0 Å². The number of nitrogens with zero attached hydrogens (tertiary/aromatic N) is 1. The Labute approximate surface area is 115 Å². The van der Waals surface area contributed by atoms with Crippen LogP contribution in [0.1, 0.15) is 26.0 Å². The summed E-state index contributed by atoms with van der Waals surface area (Å²) in [5.41, 5.74) is 1.96. The summed E-state index contributed by atoms with van der Waals surface area (Å²) in [5.74, 6) is 0.868. The lowest BCUT2D eigenvalue weighted by Crippen LogP contribution is -2.29. The van der Waals surface area contributed by atoms with Crippen LogP contribution in [0.3, 0.4) is 0 Å². The molecule has 1 heterocycles. The molecule has 2 aromatic rings. The van der Waals surface area contributed by atoms with E-state index in [4.69, 9.17) is 4.74 Å². The minimum atomic E-state index is 0.138. The Hall–Kier alpha value is -1.61. The van der Waals surface area contributed by atoms with Crippen LogP contribution in [0.15, 0.2) is 30.3 Å². The van der Waals surface area contributed by atoms with Gasteiger partial charge in [-0.2, -0.15) is 0 Å². The molecule has 0 spiro atoms. The summed E-state index contributed by atoms with van der Waals surface area (Å²) in [6, 6.07) is 10.2. The molecule has 0 radical (unpaired) electrons. The number of ether oxygens (including phenoxy) is 1. The predicted molar refractivity (Wildman–Crippen MR) is 79.7 cm³/mol. The fraction of sp³-hybridized carbons (Fsp3) is 0.438. The van der Waals surface area contributed by atoms with Crippen LogP contribution in [0.4, 0.5) is 0 Å². The molecule has 0 bridgehead atoms. The Morgan fingerprint density at radius 1 is 1.26 bits per heavy atom. The van der Waals surface area contributed by atoms with Gasteiger partial charge in [-0.05, 0) is 38.9 Å². The number of hydrogen-bond acceptors (Lipinski definition) is 3. The van der Waals surface area contributed by atoms with Gasteiger partial charge in [0.1, 0.15) is 17.4 Å². The number of aromatic nitrogens is 1. The van der Waals surface area contributed by atoms with Gasteiger partial charge in [0.05, 0.1) is 0 Å². The Morgan fingerprint density at radius 2 is 2.11 bits per heavy atom. The minimum Gasteiger partial charge on any atom is -0.487 e. The molecule has 1 atom stereocenters. The number of fused-ring (bicyclic) bond motifs is 1. The lowest BCUT2D eigenvalue weighted by Gasteiger charge is -2.16. The molecule has 2 rings (SSSR count). The Balaban J connectivity index is 2.13. The van der Waals surface area contributed by atoms with Crippen LogP contribution in [0.5, 0.6) is 5.75 Å². The van der Waals surface area contributed by atoms with Crippen molar-refractivity contribution in [3.63, 3.8) is 0 Å². The molecule has 102 valence electrons. The zero-order chi connectivity index (χ0) is 13.7. The first kappa shape index (κ1) is 13.8. The van der Waals surface area contributed by atoms with Crippen molar-refractivity contribution in [1.29, 1.82) is 0 Å². The Kier molecular flexibility index (Phi) is 4.74. The van der Waals surface area contributed by atoms with E-state index in [0.717, 1.165) is 41.9 Å². The maximum atomic E-state index is 6.00. The molecule has 3 nitrogen and oxygen atoms in total. The van der Waals surface area contributed by atoms with E-state index in [9.17, 15) is 0 Å². The van der Waals surface area contributed by atoms with Gasteiger partial charge < -0.3 is 10.1 Å². The fourth-order valence-corrected chi connectivity index (χ4v) is 2.05. The van der Waals surface area contributed by atoms with Gasteiger partial charge in [-0.25, -0.2) is 4.98 Å². The Bertz CT molecular complexity index is 539. The van der Waals surface area contributed by atoms with E-state index in [-0.39, 0.29) is 6.10 Å². The standard InChI is InChI=1S/C16H22N2O/c1-4-10-17-11-13(3)19-15-7-5-6-14-9-8-12(2)18-16(14)15/h5-9,13,17H,4,10-11H2,1-3H3. The Morgan fingerprint density at radius 3 is 2.89 bits per heavy atom. The molecular weight excluding hydrogens is 236 g/mol. The zero-order valence-electron chi connectivity index (χ0n) is 11.9. The van der Waals surface area contributed by atoms with Crippen LogP contribution in [-0.4, -0.2) is 24.2 Å². The molecule has 0 aliphatic heterocycles. The van der Waals surface area contributed by atoms with Crippen LogP contribution < -0.4 is 10.1 Å². The second kappa shape index (κ2) is 6.53. The summed E-state index contributed by atoms with van der Waals surface area (Å²) in [7, 11) is 0. The van der Waals surface area contributed by atoms with Crippen LogP contribution in [0, 0.1) is 6.92 Å². The number of hydrogen-bond donors (Lipinski definition) is 1. The van der Waals surface area contributed by atoms with E-state index in [0.29, 0.717) is 0 Å². The lowest BCUT2D eigenvalue weighted by molar-refractivity contribution is 0.220. The minimum absolute atomic E-state index is 0.138. The summed E-state index contributed by atoms with van der Waals surface area (Å²) in [6.07, 6.45) is 1.28. The summed E-state index contributed by atoms with van der Waals surface area (Å²) >= 11 is 0. The normalized spacial score (nSPS) is 12.6. The van der Waals surface area contributed by atoms with Crippen molar-refractivity contribution >= 4 is 10.9 Å². The quantitative estimate of drug-likeness (QED) is 0.807. The van der Waals surface area contributed by atoms with Crippen molar-refractivity contribution in [3.8, 4) is 5.75 Å². The number of pyridine rings is 1. The third-order valence-electron chi connectivity index (χ3n) is 3.01. The monoisotopic (exact) mass is 258 g/mol. The second-order valence-corrected chi connectivity index (χ2v) is 4.91. The lowest BCUT2D eigenvalue weighted by atomic mass is 10.2. The maximum Gasteiger partial charge on any atom is 0.146 e. The van der Waals surface area contributed by atoms with Gasteiger partial charge in [0.15, 0.2) is 0 Å². The fourth-order valence-electron chi connectivity index (χ4n) is 2.05. The van der Waals surface area contributed by atoms with Crippen molar-refractivity contribution in [2.75, 3.05) is 13.1 Å². The first-order valence-electron chi connectivity index (χ1n) is 6.94.